The molecule has 15 heteroatoms. The van der Waals surface area contributed by atoms with Crippen LogP contribution in [0.4, 0.5) is 27.7 Å². The molecule has 4 amide bonds. The fourth-order valence-corrected chi connectivity index (χ4v) is 6.93. The minimum Gasteiger partial charge on any atom is -0.494 e. The Morgan fingerprint density at radius 3 is 2.25 bits per heavy atom. The van der Waals surface area contributed by atoms with Gasteiger partial charge in [0, 0.05) is 62.6 Å². The molecule has 0 aliphatic carbocycles. The zero-order valence-corrected chi connectivity index (χ0v) is 34.6. The molecule has 0 saturated carbocycles. The van der Waals surface area contributed by atoms with Gasteiger partial charge in [-0.1, -0.05) is 27.7 Å². The molecule has 2 fully saturated rings. The van der Waals surface area contributed by atoms with Gasteiger partial charge in [-0.05, 0) is 82.8 Å². The number of aromatic nitrogens is 2. The monoisotopic (exact) mass is 773 g/mol. The van der Waals surface area contributed by atoms with Gasteiger partial charge in [0.05, 0.1) is 18.3 Å². The lowest BCUT2D eigenvalue weighted by atomic mass is 9.85. The molecule has 2 saturated heterocycles. The summed E-state index contributed by atoms with van der Waals surface area (Å²) < 4.78 is 11.1. The number of hydrogen-bond donors (Lipinski definition) is 3. The second-order valence-corrected chi connectivity index (χ2v) is 16.6. The second-order valence-electron chi connectivity index (χ2n) is 16.6. The van der Waals surface area contributed by atoms with Crippen LogP contribution in [-0.2, 0) is 19.1 Å². The molecule has 1 aromatic heterocycles. The van der Waals surface area contributed by atoms with Gasteiger partial charge in [0.25, 0.3) is 0 Å². The Balaban J connectivity index is 1.31. The van der Waals surface area contributed by atoms with Crippen LogP contribution in [0.5, 0.6) is 5.75 Å². The minimum absolute atomic E-state index is 0.344. The predicted octanol–water partition coefficient (Wildman–Crippen LogP) is 5.24. The van der Waals surface area contributed by atoms with Crippen LogP contribution >= 0.6 is 0 Å². The van der Waals surface area contributed by atoms with Crippen LogP contribution in [0.1, 0.15) is 68.2 Å². The predicted molar refractivity (Wildman–Crippen MR) is 218 cm³/mol. The summed E-state index contributed by atoms with van der Waals surface area (Å²) in [6, 6.07) is 9.10. The maximum atomic E-state index is 14.2. The van der Waals surface area contributed by atoms with Crippen LogP contribution in [0, 0.1) is 5.41 Å². The first-order valence-corrected chi connectivity index (χ1v) is 19.4. The van der Waals surface area contributed by atoms with Crippen molar-refractivity contribution < 1.29 is 28.7 Å². The van der Waals surface area contributed by atoms with Crippen molar-refractivity contribution in [1.29, 1.82) is 0 Å². The van der Waals surface area contributed by atoms with Crippen molar-refractivity contribution in [1.82, 2.24) is 30.0 Å². The number of benzene rings is 2. The van der Waals surface area contributed by atoms with Gasteiger partial charge < -0.3 is 40.1 Å². The number of carbonyl (C=O) groups excluding carboxylic acids is 4. The third-order valence-corrected chi connectivity index (χ3v) is 10.4. The van der Waals surface area contributed by atoms with Crippen molar-refractivity contribution in [2.24, 2.45) is 5.41 Å². The molecule has 3 atom stereocenters. The molecule has 3 aromatic rings. The number of ether oxygens (including phenoxy) is 2. The summed E-state index contributed by atoms with van der Waals surface area (Å²) in [6.07, 6.45) is 1.87. The van der Waals surface area contributed by atoms with E-state index in [-0.39, 0.29) is 11.8 Å². The van der Waals surface area contributed by atoms with Crippen molar-refractivity contribution in [2.45, 2.75) is 92.0 Å². The molecule has 0 spiro atoms. The van der Waals surface area contributed by atoms with Gasteiger partial charge in [0.2, 0.25) is 17.7 Å². The van der Waals surface area contributed by atoms with Gasteiger partial charge >= 0.3 is 6.09 Å². The second kappa shape index (κ2) is 17.3. The fourth-order valence-electron chi connectivity index (χ4n) is 6.93. The number of anilines is 4. The van der Waals surface area contributed by atoms with Crippen LogP contribution in [0.3, 0.4) is 0 Å². The fraction of sp³-hybridized carbons (Fsp3) is 0.561. The number of carbonyl (C=O) groups is 4. The Morgan fingerprint density at radius 2 is 1.64 bits per heavy atom. The number of nitrogens with zero attached hydrogens (tertiary/aromatic N) is 6. The zero-order valence-electron chi connectivity index (χ0n) is 34.6. The van der Waals surface area contributed by atoms with Crippen LogP contribution in [0.25, 0.3) is 10.9 Å². The Hall–Kier alpha value is -5.18. The molecule has 5 rings (SSSR count). The molecule has 15 nitrogen and oxygen atoms in total. The summed E-state index contributed by atoms with van der Waals surface area (Å²) in [7, 11) is 3.00. The number of hydrogen-bond acceptors (Lipinski definition) is 11. The largest absolute Gasteiger partial charge is 0.494 e. The van der Waals surface area contributed by atoms with Crippen molar-refractivity contribution >= 4 is 57.6 Å². The summed E-state index contributed by atoms with van der Waals surface area (Å²) in [4.78, 5) is 71.0. The van der Waals surface area contributed by atoms with E-state index in [2.05, 4.69) is 54.8 Å². The first-order chi connectivity index (χ1) is 26.4. The smallest absolute Gasteiger partial charge is 0.410 e. The lowest BCUT2D eigenvalue weighted by Crippen LogP contribution is -2.59. The number of piperazine rings is 1. The maximum absolute atomic E-state index is 14.2. The number of methoxy groups -OCH3 is 1. The minimum atomic E-state index is -0.973. The summed E-state index contributed by atoms with van der Waals surface area (Å²) in [5.74, 6) is -0.310. The molecule has 2 aromatic carbocycles. The first-order valence-electron chi connectivity index (χ1n) is 19.4. The molecular formula is C41H59N9O6. The van der Waals surface area contributed by atoms with Crippen LogP contribution in [-0.4, -0.2) is 126 Å². The maximum Gasteiger partial charge on any atom is 0.410 e. The normalized spacial score (nSPS) is 17.6. The number of nitrogens with one attached hydrogen (secondary N) is 3. The van der Waals surface area contributed by atoms with Crippen molar-refractivity contribution in [3.8, 4) is 5.75 Å². The van der Waals surface area contributed by atoms with E-state index in [1.54, 1.807) is 39.8 Å². The topological polar surface area (TPSA) is 162 Å². The highest BCUT2D eigenvalue weighted by Crippen LogP contribution is 2.35. The van der Waals surface area contributed by atoms with E-state index in [4.69, 9.17) is 9.47 Å². The van der Waals surface area contributed by atoms with Crippen LogP contribution < -0.4 is 25.6 Å². The Labute approximate surface area is 330 Å². The molecule has 2 aliphatic rings. The third kappa shape index (κ3) is 9.97. The van der Waals surface area contributed by atoms with Gasteiger partial charge in [0.15, 0.2) is 0 Å². The number of fused-ring (bicyclic) bond motifs is 1. The van der Waals surface area contributed by atoms with Crippen LogP contribution in [0.2, 0.25) is 0 Å². The summed E-state index contributed by atoms with van der Waals surface area (Å²) >= 11 is 0. The molecule has 3 N–H and O–H groups in total. The van der Waals surface area contributed by atoms with Gasteiger partial charge in [-0.15, -0.1) is 0 Å². The van der Waals surface area contributed by atoms with E-state index >= 15 is 0 Å². The lowest BCUT2D eigenvalue weighted by Gasteiger charge is -2.36. The van der Waals surface area contributed by atoms with E-state index in [1.807, 2.05) is 32.9 Å². The summed E-state index contributed by atoms with van der Waals surface area (Å²) in [5, 5.41) is 9.97. The first kappa shape index (κ1) is 42.0. The standard InChI is InChI=1S/C41H59N9O6/c1-11-48-19-21-49(22-20-48)28-16-14-27(15-17-28)44-35-29-23-31(33(55-10)24-30(29)42-25-43-35)45-37(52)32-13-12-18-50(32)38(53)34(40(3,4)5)46-36(51)26(2)47(9)39(54)56-41(6,7)8/h14-17,23-26,32,34H,11-13,18-22H2,1-10H3,(H,45,52)(H,46,51)(H,42,43,44)/t26-,32-,34+/m0/s1. The van der Waals surface area contributed by atoms with Gasteiger partial charge in [-0.25, -0.2) is 14.8 Å². The van der Waals surface area contributed by atoms with E-state index in [0.29, 0.717) is 47.5 Å². The SMILES string of the molecule is CCN1CCN(c2ccc(Nc3ncnc4cc(OC)c(NC(=O)[C@@H]5CCCN5C(=O)[C@@H](NC(=O)[C@H](C)N(C)C(=O)OC(C)(C)C)C(C)(C)C)cc34)cc2)CC1. The molecule has 0 radical (unpaired) electrons. The van der Waals surface area contributed by atoms with Crippen molar-refractivity contribution in [3.63, 3.8) is 0 Å². The molecular weight excluding hydrogens is 715 g/mol. The average Bonchev–Trinajstić information content (AvgIpc) is 3.66. The quantitative estimate of drug-likeness (QED) is 0.234. The van der Waals surface area contributed by atoms with Crippen molar-refractivity contribution in [2.75, 3.05) is 69.0 Å². The number of likely N-dealkylation sites (tertiary alicyclic amines) is 1. The number of amides is 4. The Kier molecular flexibility index (Phi) is 13.0. The zero-order chi connectivity index (χ0) is 40.9. The van der Waals surface area contributed by atoms with Crippen molar-refractivity contribution in [3.05, 3.63) is 42.7 Å². The number of rotatable bonds is 11. The lowest BCUT2D eigenvalue weighted by molar-refractivity contribution is -0.143. The molecule has 304 valence electrons. The van der Waals surface area contributed by atoms with Crippen LogP contribution in [0.15, 0.2) is 42.7 Å². The van der Waals surface area contributed by atoms with Gasteiger partial charge in [0.1, 0.15) is 41.6 Å². The molecule has 0 bridgehead atoms. The van der Waals surface area contributed by atoms with E-state index in [9.17, 15) is 19.2 Å². The number of likely N-dealkylation sites (N-methyl/N-ethyl adjacent to an activating group) is 2. The highest BCUT2D eigenvalue weighted by Gasteiger charge is 2.43. The van der Waals surface area contributed by atoms with E-state index in [0.717, 1.165) is 38.4 Å². The summed E-state index contributed by atoms with van der Waals surface area (Å²) in [6.45, 7) is 20.0. The molecule has 56 heavy (non-hydrogen) atoms. The molecule has 0 unspecified atom stereocenters. The third-order valence-electron chi connectivity index (χ3n) is 10.4. The van der Waals surface area contributed by atoms with Gasteiger partial charge in [-0.3, -0.25) is 19.3 Å². The highest BCUT2D eigenvalue weighted by molar-refractivity contribution is 6.03. The highest BCUT2D eigenvalue weighted by atomic mass is 16.6. The Morgan fingerprint density at radius 1 is 0.964 bits per heavy atom. The average molecular weight is 774 g/mol. The van der Waals surface area contributed by atoms with E-state index < -0.39 is 41.1 Å². The molecule has 3 heterocycles. The summed E-state index contributed by atoms with van der Waals surface area (Å²) in [5.41, 5.74) is 1.60. The van der Waals surface area contributed by atoms with E-state index in [1.165, 1.54) is 36.0 Å². The molecule has 2 aliphatic heterocycles. The van der Waals surface area contributed by atoms with Gasteiger partial charge in [-0.2, -0.15) is 0 Å². The Bertz CT molecular complexity index is 1880.